The summed E-state index contributed by atoms with van der Waals surface area (Å²) in [7, 11) is 2.87. The van der Waals surface area contributed by atoms with Crippen LogP contribution in [-0.4, -0.2) is 62.1 Å². The molecule has 10 nitrogen and oxygen atoms in total. The quantitative estimate of drug-likeness (QED) is 0.152. The number of methoxy groups -OCH3 is 2. The number of hydrogen-bond donors (Lipinski definition) is 1. The van der Waals surface area contributed by atoms with Crippen LogP contribution in [0.25, 0.3) is 0 Å². The van der Waals surface area contributed by atoms with Gasteiger partial charge in [0.05, 0.1) is 32.4 Å². The number of carbonyl (C=O) groups excluding carboxylic acids is 2. The SMILES string of the molecule is COc1ccc([C@H](Cc2c(Cl)c[n+](O)cc2Cl)c2c(C(=O)[O-])ccc(CN(C(=O)O[C@H]3CN4CCC3CC4)c3ccccc3F)c2F)cc1OC. The van der Waals surface area contributed by atoms with Crippen LogP contribution in [0.4, 0.5) is 19.3 Å². The minimum atomic E-state index is -1.66. The third-order valence-electron chi connectivity index (χ3n) is 9.65. The van der Waals surface area contributed by atoms with Gasteiger partial charge < -0.3 is 24.1 Å². The summed E-state index contributed by atoms with van der Waals surface area (Å²) in [5.74, 6) is -3.65. The number of carbonyl (C=O) groups is 2. The molecule has 3 aromatic carbocycles. The van der Waals surface area contributed by atoms with Crippen LogP contribution >= 0.6 is 23.2 Å². The third-order valence-corrected chi connectivity index (χ3v) is 10.3. The monoisotopic (exact) mass is 741 g/mol. The molecule has 1 amide bonds. The second kappa shape index (κ2) is 15.3. The first-order chi connectivity index (χ1) is 24.5. The fourth-order valence-corrected chi connectivity index (χ4v) is 7.61. The smallest absolute Gasteiger partial charge is 0.415 e. The molecule has 3 aliphatic heterocycles. The number of anilines is 1. The van der Waals surface area contributed by atoms with E-state index in [1.165, 1.54) is 56.9 Å². The Kier molecular flexibility index (Phi) is 10.8. The van der Waals surface area contributed by atoms with Crippen LogP contribution in [0.2, 0.25) is 10.0 Å². The molecule has 7 rings (SSSR count). The first-order valence-corrected chi connectivity index (χ1v) is 17.0. The summed E-state index contributed by atoms with van der Waals surface area (Å²) in [4.78, 5) is 29.7. The third kappa shape index (κ3) is 7.53. The first kappa shape index (κ1) is 36.2. The minimum Gasteiger partial charge on any atom is -0.545 e. The molecule has 0 unspecified atom stereocenters. The number of amides is 1. The molecule has 1 N–H and O–H groups in total. The summed E-state index contributed by atoms with van der Waals surface area (Å²) in [6.07, 6.45) is 2.69. The van der Waals surface area contributed by atoms with Crippen molar-refractivity contribution in [1.82, 2.24) is 4.90 Å². The van der Waals surface area contributed by atoms with Crippen LogP contribution in [0, 0.1) is 17.6 Å². The zero-order valence-electron chi connectivity index (χ0n) is 27.8. The van der Waals surface area contributed by atoms with Crippen molar-refractivity contribution in [2.75, 3.05) is 38.8 Å². The number of fused-ring (bicyclic) bond motifs is 3. The van der Waals surface area contributed by atoms with Crippen molar-refractivity contribution >= 4 is 41.0 Å². The molecule has 51 heavy (non-hydrogen) atoms. The van der Waals surface area contributed by atoms with E-state index in [0.717, 1.165) is 30.8 Å². The van der Waals surface area contributed by atoms with E-state index in [1.807, 2.05) is 0 Å². The molecule has 0 saturated carbocycles. The van der Waals surface area contributed by atoms with Crippen LogP contribution in [0.5, 0.6) is 11.5 Å². The van der Waals surface area contributed by atoms with Gasteiger partial charge in [-0.1, -0.05) is 53.5 Å². The van der Waals surface area contributed by atoms with Crippen molar-refractivity contribution in [3.8, 4) is 11.5 Å². The van der Waals surface area contributed by atoms with E-state index < -0.39 is 47.8 Å². The Balaban J connectivity index is 1.47. The molecule has 0 spiro atoms. The molecule has 2 atom stereocenters. The molecule has 1 aromatic heterocycles. The second-order valence-corrected chi connectivity index (χ2v) is 13.4. The van der Waals surface area contributed by atoms with E-state index >= 15 is 8.78 Å². The number of hydrogen-bond acceptors (Lipinski definition) is 8. The predicted octanol–water partition coefficient (Wildman–Crippen LogP) is 5.79. The van der Waals surface area contributed by atoms with Crippen LogP contribution < -0.4 is 24.2 Å². The maximum absolute atomic E-state index is 17.2. The maximum atomic E-state index is 17.2. The normalized spacial score (nSPS) is 18.6. The average molecular weight is 743 g/mol. The van der Waals surface area contributed by atoms with E-state index in [2.05, 4.69) is 4.90 Å². The Bertz CT molecular complexity index is 1930. The molecular formula is C37H35Cl2F2N3O7. The average Bonchev–Trinajstić information content (AvgIpc) is 3.11. The summed E-state index contributed by atoms with van der Waals surface area (Å²) in [6, 6.07) is 12.8. The summed E-state index contributed by atoms with van der Waals surface area (Å²) in [5, 5.41) is 22.7. The molecule has 14 heteroatoms. The largest absolute Gasteiger partial charge is 0.545 e. The second-order valence-electron chi connectivity index (χ2n) is 12.6. The van der Waals surface area contributed by atoms with Gasteiger partial charge in [-0.3, -0.25) is 15.0 Å². The van der Waals surface area contributed by atoms with Crippen LogP contribution in [-0.2, 0) is 17.7 Å². The number of aromatic nitrogens is 1. The molecule has 0 aliphatic carbocycles. The molecule has 3 saturated heterocycles. The lowest BCUT2D eigenvalue weighted by Crippen LogP contribution is -2.53. The molecular weight excluding hydrogens is 707 g/mol. The Labute approximate surface area is 303 Å². The molecule has 3 aliphatic rings. The highest BCUT2D eigenvalue weighted by molar-refractivity contribution is 6.35. The van der Waals surface area contributed by atoms with Gasteiger partial charge in [0.1, 0.15) is 27.8 Å². The highest BCUT2D eigenvalue weighted by Gasteiger charge is 2.38. The number of carboxylic acid groups (broad SMARTS) is 1. The zero-order chi connectivity index (χ0) is 36.4. The lowest BCUT2D eigenvalue weighted by molar-refractivity contribution is -0.904. The van der Waals surface area contributed by atoms with Crippen molar-refractivity contribution in [3.63, 3.8) is 0 Å². The highest BCUT2D eigenvalue weighted by atomic mass is 35.5. The van der Waals surface area contributed by atoms with Crippen LogP contribution in [0.3, 0.4) is 0 Å². The van der Waals surface area contributed by atoms with Gasteiger partial charge >= 0.3 is 6.09 Å². The van der Waals surface area contributed by atoms with Gasteiger partial charge in [0, 0.05) is 39.4 Å². The Morgan fingerprint density at radius 1 is 1.02 bits per heavy atom. The van der Waals surface area contributed by atoms with Crippen molar-refractivity contribution < 1.29 is 47.6 Å². The van der Waals surface area contributed by atoms with Crippen LogP contribution in [0.15, 0.2) is 67.0 Å². The van der Waals surface area contributed by atoms with Crippen molar-refractivity contribution in [2.24, 2.45) is 5.92 Å². The van der Waals surface area contributed by atoms with Gasteiger partial charge in [0.25, 0.3) is 0 Å². The number of ether oxygens (including phenoxy) is 3. The van der Waals surface area contributed by atoms with Gasteiger partial charge in [-0.15, -0.1) is 0 Å². The maximum Gasteiger partial charge on any atom is 0.415 e. The Morgan fingerprint density at radius 3 is 2.31 bits per heavy atom. The summed E-state index contributed by atoms with van der Waals surface area (Å²) >= 11 is 13.0. The highest BCUT2D eigenvalue weighted by Crippen LogP contribution is 2.41. The van der Waals surface area contributed by atoms with Crippen molar-refractivity contribution in [3.05, 3.63) is 116 Å². The van der Waals surface area contributed by atoms with E-state index in [0.29, 0.717) is 22.6 Å². The number of aromatic carboxylic acids is 1. The van der Waals surface area contributed by atoms with Crippen LogP contribution in [0.1, 0.15) is 51.4 Å². The van der Waals surface area contributed by atoms with Gasteiger partial charge in [0.15, 0.2) is 11.5 Å². The lowest BCUT2D eigenvalue weighted by Gasteiger charge is -2.44. The number of para-hydroxylation sites is 1. The summed E-state index contributed by atoms with van der Waals surface area (Å²) in [5.41, 5.74) is -0.340. The molecule has 0 radical (unpaired) electrons. The molecule has 4 heterocycles. The van der Waals surface area contributed by atoms with Gasteiger partial charge in [-0.25, -0.2) is 13.6 Å². The number of nitrogens with zero attached hydrogens (tertiary/aromatic N) is 3. The number of halogens is 4. The van der Waals surface area contributed by atoms with E-state index in [1.54, 1.807) is 24.3 Å². The number of carboxylic acids is 1. The lowest BCUT2D eigenvalue weighted by atomic mass is 9.82. The number of piperidine rings is 3. The van der Waals surface area contributed by atoms with E-state index in [9.17, 15) is 19.9 Å². The van der Waals surface area contributed by atoms with E-state index in [-0.39, 0.29) is 50.5 Å². The number of pyridine rings is 1. The minimum absolute atomic E-state index is 0.0308. The number of benzene rings is 3. The van der Waals surface area contributed by atoms with Gasteiger partial charge in [0.2, 0.25) is 12.4 Å². The predicted molar refractivity (Wildman–Crippen MR) is 182 cm³/mol. The standard InChI is InChI=1S/C37H35Cl2F2N3O7/c1-49-31-10-8-22(15-32(31)50-2)25(16-26-27(38)18-43(48)19-28(26)39)34-24(36(45)46)9-7-23(35(34)41)17-44(30-6-4-3-5-29(30)40)37(47)51-33-20-42-13-11-21(33)12-14-42/h3-10,15,18-19,21,25,33H,11-14,16-17,20H2,1-2H3,(H-,45,46,48)/t25-,33-/m0/s1. The van der Waals surface area contributed by atoms with Crippen molar-refractivity contribution in [2.45, 2.75) is 37.8 Å². The topological polar surface area (TPSA) is 115 Å². The van der Waals surface area contributed by atoms with Gasteiger partial charge in [-0.2, -0.15) is 0 Å². The fourth-order valence-electron chi connectivity index (χ4n) is 7.00. The van der Waals surface area contributed by atoms with Gasteiger partial charge in [-0.05, 0) is 68.1 Å². The Hall–Kier alpha value is -4.65. The zero-order valence-corrected chi connectivity index (χ0v) is 29.3. The summed E-state index contributed by atoms with van der Waals surface area (Å²) < 4.78 is 50.0. The molecule has 3 fully saturated rings. The molecule has 2 bridgehead atoms. The van der Waals surface area contributed by atoms with Crippen molar-refractivity contribution in [1.29, 1.82) is 0 Å². The van der Waals surface area contributed by atoms with E-state index in [4.69, 9.17) is 37.4 Å². The Morgan fingerprint density at radius 2 is 1.71 bits per heavy atom. The first-order valence-electron chi connectivity index (χ1n) is 16.3. The molecule has 268 valence electrons. The molecule has 4 aromatic rings. The number of rotatable bonds is 11. The fraction of sp³-hybridized carbons (Fsp3) is 0.324. The summed E-state index contributed by atoms with van der Waals surface area (Å²) in [6.45, 7) is 1.88.